The zero-order valence-corrected chi connectivity index (χ0v) is 10.2. The molecule has 0 spiro atoms. The second-order valence-electron chi connectivity index (χ2n) is 4.14. The Balaban J connectivity index is 1.98. The van der Waals surface area contributed by atoms with Crippen molar-refractivity contribution < 1.29 is 4.92 Å². The van der Waals surface area contributed by atoms with Crippen molar-refractivity contribution in [2.75, 3.05) is 29.1 Å². The quantitative estimate of drug-likeness (QED) is 0.489. The molecular formula is C11H15N3O2S. The van der Waals surface area contributed by atoms with Gasteiger partial charge in [0.25, 0.3) is 5.69 Å². The van der Waals surface area contributed by atoms with E-state index in [1.165, 1.54) is 30.1 Å². The summed E-state index contributed by atoms with van der Waals surface area (Å²) in [5, 5.41) is 13.8. The van der Waals surface area contributed by atoms with Crippen molar-refractivity contribution in [1.29, 1.82) is 0 Å². The Bertz CT molecular complexity index is 419. The Morgan fingerprint density at radius 2 is 2.41 bits per heavy atom. The average Bonchev–Trinajstić information content (AvgIpc) is 2.80. The van der Waals surface area contributed by atoms with E-state index in [1.54, 1.807) is 6.07 Å². The van der Waals surface area contributed by atoms with Crippen LogP contribution in [0.15, 0.2) is 18.2 Å². The molecule has 1 saturated heterocycles. The summed E-state index contributed by atoms with van der Waals surface area (Å²) in [6, 6.07) is 4.55. The monoisotopic (exact) mass is 253 g/mol. The minimum absolute atomic E-state index is 0.0319. The molecule has 5 nitrogen and oxygen atoms in total. The summed E-state index contributed by atoms with van der Waals surface area (Å²) in [5.74, 6) is 3.08. The molecule has 3 N–H and O–H groups in total. The van der Waals surface area contributed by atoms with Gasteiger partial charge in [0, 0.05) is 18.7 Å². The molecule has 1 unspecified atom stereocenters. The highest BCUT2D eigenvalue weighted by molar-refractivity contribution is 7.99. The maximum atomic E-state index is 10.6. The van der Waals surface area contributed by atoms with E-state index in [4.69, 9.17) is 5.73 Å². The van der Waals surface area contributed by atoms with Gasteiger partial charge in [-0.3, -0.25) is 10.1 Å². The molecular weight excluding hydrogens is 238 g/mol. The maximum absolute atomic E-state index is 10.6. The van der Waals surface area contributed by atoms with Gasteiger partial charge in [0.05, 0.1) is 16.3 Å². The molecule has 1 fully saturated rings. The van der Waals surface area contributed by atoms with Crippen molar-refractivity contribution in [2.45, 2.75) is 6.42 Å². The standard InChI is InChI=1S/C11H15N3O2S/c12-10-5-9(14(15)16)1-2-11(10)13-6-8-3-4-17-7-8/h1-2,5,8,13H,3-4,6-7,12H2. The number of nitro groups is 1. The van der Waals surface area contributed by atoms with Crippen LogP contribution in [0.4, 0.5) is 17.1 Å². The van der Waals surface area contributed by atoms with E-state index in [2.05, 4.69) is 5.32 Å². The lowest BCUT2D eigenvalue weighted by atomic mass is 10.1. The van der Waals surface area contributed by atoms with Gasteiger partial charge in [-0.15, -0.1) is 0 Å². The van der Waals surface area contributed by atoms with E-state index < -0.39 is 4.92 Å². The number of nitrogens with one attached hydrogen (secondary N) is 1. The summed E-state index contributed by atoms with van der Waals surface area (Å²) >= 11 is 1.97. The van der Waals surface area contributed by atoms with Gasteiger partial charge in [-0.05, 0) is 29.9 Å². The SMILES string of the molecule is Nc1cc([N+](=O)[O-])ccc1NCC1CCSC1. The molecule has 0 aromatic heterocycles. The molecule has 0 saturated carbocycles. The van der Waals surface area contributed by atoms with E-state index in [0.717, 1.165) is 12.2 Å². The maximum Gasteiger partial charge on any atom is 0.271 e. The minimum Gasteiger partial charge on any atom is -0.397 e. The number of hydrogen-bond donors (Lipinski definition) is 2. The summed E-state index contributed by atoms with van der Waals surface area (Å²) in [6.07, 6.45) is 1.23. The molecule has 1 aromatic rings. The fourth-order valence-corrected chi connectivity index (χ4v) is 3.11. The van der Waals surface area contributed by atoms with Crippen molar-refractivity contribution in [1.82, 2.24) is 0 Å². The average molecular weight is 253 g/mol. The summed E-state index contributed by atoms with van der Waals surface area (Å²) in [4.78, 5) is 10.1. The van der Waals surface area contributed by atoms with Gasteiger partial charge >= 0.3 is 0 Å². The van der Waals surface area contributed by atoms with Gasteiger partial charge in [0.1, 0.15) is 0 Å². The van der Waals surface area contributed by atoms with Crippen LogP contribution in [0.2, 0.25) is 0 Å². The largest absolute Gasteiger partial charge is 0.397 e. The third kappa shape index (κ3) is 3.03. The predicted molar refractivity (Wildman–Crippen MR) is 71.4 cm³/mol. The molecule has 1 aliphatic rings. The molecule has 0 amide bonds. The second kappa shape index (κ2) is 5.27. The van der Waals surface area contributed by atoms with Crippen LogP contribution in [0.25, 0.3) is 0 Å². The normalized spacial score (nSPS) is 19.2. The van der Waals surface area contributed by atoms with Crippen LogP contribution in [-0.2, 0) is 0 Å². The van der Waals surface area contributed by atoms with Gasteiger partial charge in [0.15, 0.2) is 0 Å². The Labute approximate surface area is 104 Å². The highest BCUT2D eigenvalue weighted by Gasteiger charge is 2.15. The minimum atomic E-state index is -0.437. The zero-order valence-electron chi connectivity index (χ0n) is 9.39. The number of hydrogen-bond acceptors (Lipinski definition) is 5. The molecule has 0 radical (unpaired) electrons. The number of nitrogens with two attached hydrogens (primary N) is 1. The zero-order chi connectivity index (χ0) is 12.3. The van der Waals surface area contributed by atoms with Crippen molar-refractivity contribution >= 4 is 28.8 Å². The summed E-state index contributed by atoms with van der Waals surface area (Å²) in [6.45, 7) is 0.884. The number of nitrogen functional groups attached to an aromatic ring is 1. The van der Waals surface area contributed by atoms with Crippen LogP contribution < -0.4 is 11.1 Å². The lowest BCUT2D eigenvalue weighted by molar-refractivity contribution is -0.384. The smallest absolute Gasteiger partial charge is 0.271 e. The predicted octanol–water partition coefficient (Wildman–Crippen LogP) is 2.34. The number of thioether (sulfide) groups is 1. The number of nitrogens with zero attached hydrogens (tertiary/aromatic N) is 1. The van der Waals surface area contributed by atoms with Crippen molar-refractivity contribution in [2.24, 2.45) is 5.92 Å². The first-order chi connectivity index (χ1) is 8.16. The van der Waals surface area contributed by atoms with Crippen molar-refractivity contribution in [3.63, 3.8) is 0 Å². The van der Waals surface area contributed by atoms with Gasteiger partial charge in [-0.25, -0.2) is 0 Å². The van der Waals surface area contributed by atoms with Gasteiger partial charge in [-0.1, -0.05) is 0 Å². The molecule has 92 valence electrons. The van der Waals surface area contributed by atoms with E-state index in [1.807, 2.05) is 11.8 Å². The van der Waals surface area contributed by atoms with Gasteiger partial charge in [0.2, 0.25) is 0 Å². The number of non-ortho nitro benzene ring substituents is 1. The fraction of sp³-hybridized carbons (Fsp3) is 0.455. The van der Waals surface area contributed by atoms with Crippen LogP contribution in [0.3, 0.4) is 0 Å². The number of benzene rings is 1. The van der Waals surface area contributed by atoms with Crippen LogP contribution in [-0.4, -0.2) is 23.0 Å². The Morgan fingerprint density at radius 1 is 1.59 bits per heavy atom. The molecule has 17 heavy (non-hydrogen) atoms. The van der Waals surface area contributed by atoms with Gasteiger partial charge < -0.3 is 11.1 Å². The number of anilines is 2. The Morgan fingerprint density at radius 3 is 3.00 bits per heavy atom. The molecule has 1 atom stereocenters. The van der Waals surface area contributed by atoms with Crippen LogP contribution in [0.5, 0.6) is 0 Å². The summed E-state index contributed by atoms with van der Waals surface area (Å²) < 4.78 is 0. The molecule has 1 aliphatic heterocycles. The first-order valence-corrected chi connectivity index (χ1v) is 6.68. The molecule has 1 heterocycles. The molecule has 0 aliphatic carbocycles. The van der Waals surface area contributed by atoms with Crippen LogP contribution >= 0.6 is 11.8 Å². The van der Waals surface area contributed by atoms with E-state index in [-0.39, 0.29) is 5.69 Å². The van der Waals surface area contributed by atoms with Crippen molar-refractivity contribution in [3.8, 4) is 0 Å². The molecule has 0 bridgehead atoms. The number of nitro benzene ring substituents is 1. The molecule has 6 heteroatoms. The lowest BCUT2D eigenvalue weighted by Crippen LogP contribution is -2.14. The second-order valence-corrected chi connectivity index (χ2v) is 5.29. The number of rotatable bonds is 4. The highest BCUT2D eigenvalue weighted by atomic mass is 32.2. The van der Waals surface area contributed by atoms with Gasteiger partial charge in [-0.2, -0.15) is 11.8 Å². The van der Waals surface area contributed by atoms with E-state index in [9.17, 15) is 10.1 Å². The van der Waals surface area contributed by atoms with E-state index in [0.29, 0.717) is 11.6 Å². The van der Waals surface area contributed by atoms with E-state index >= 15 is 0 Å². The highest BCUT2D eigenvalue weighted by Crippen LogP contribution is 2.27. The molecule has 2 rings (SSSR count). The summed E-state index contributed by atoms with van der Waals surface area (Å²) in [7, 11) is 0. The Kier molecular flexibility index (Phi) is 3.73. The van der Waals surface area contributed by atoms with Crippen LogP contribution in [0.1, 0.15) is 6.42 Å². The molecule has 1 aromatic carbocycles. The fourth-order valence-electron chi connectivity index (χ4n) is 1.82. The van der Waals surface area contributed by atoms with Crippen LogP contribution in [0, 0.1) is 16.0 Å². The third-order valence-corrected chi connectivity index (χ3v) is 4.08. The van der Waals surface area contributed by atoms with Crippen molar-refractivity contribution in [3.05, 3.63) is 28.3 Å². The third-order valence-electron chi connectivity index (χ3n) is 2.85. The topological polar surface area (TPSA) is 81.2 Å². The Hall–Kier alpha value is -1.43. The first-order valence-electron chi connectivity index (χ1n) is 5.52. The first kappa shape index (κ1) is 12.0. The summed E-state index contributed by atoms with van der Waals surface area (Å²) in [5.41, 5.74) is 7.02. The lowest BCUT2D eigenvalue weighted by Gasteiger charge is -2.12.